The van der Waals surface area contributed by atoms with Gasteiger partial charge in [0.1, 0.15) is 5.82 Å². The second-order valence-corrected chi connectivity index (χ2v) is 9.41. The van der Waals surface area contributed by atoms with Crippen molar-refractivity contribution in [2.75, 3.05) is 27.4 Å². The van der Waals surface area contributed by atoms with Crippen molar-refractivity contribution in [3.63, 3.8) is 0 Å². The average molecular weight is 548 g/mol. The van der Waals surface area contributed by atoms with Gasteiger partial charge in [-0.3, -0.25) is 4.99 Å². The molecular weight excluding hydrogens is 518 g/mol. The van der Waals surface area contributed by atoms with Crippen molar-refractivity contribution in [1.82, 2.24) is 15.5 Å². The van der Waals surface area contributed by atoms with Crippen molar-refractivity contribution in [3.05, 3.63) is 70.5 Å². The molecule has 0 heterocycles. The Hall–Kier alpha value is -1.72. The fraction of sp³-hybridized carbons (Fsp3) is 0.381. The number of nitrogens with one attached hydrogen (secondary N) is 2. The maximum Gasteiger partial charge on any atom is 0.191 e. The summed E-state index contributed by atoms with van der Waals surface area (Å²) >= 11 is 0. The highest BCUT2D eigenvalue weighted by molar-refractivity contribution is 14.0. The molecule has 6 nitrogen and oxygen atoms in total. The Balaban J connectivity index is 0.00000450. The van der Waals surface area contributed by atoms with Crippen molar-refractivity contribution in [2.45, 2.75) is 25.4 Å². The first-order valence-corrected chi connectivity index (χ1v) is 11.3. The summed E-state index contributed by atoms with van der Waals surface area (Å²) in [5.41, 5.74) is 3.55. The molecule has 0 aromatic heterocycles. The first-order valence-electron chi connectivity index (χ1n) is 9.29. The molecule has 0 fully saturated rings. The number of rotatable bonds is 8. The summed E-state index contributed by atoms with van der Waals surface area (Å²) in [6, 6.07) is 12.3. The smallest absolute Gasteiger partial charge is 0.191 e. The zero-order valence-corrected chi connectivity index (χ0v) is 20.9. The van der Waals surface area contributed by atoms with Gasteiger partial charge in [-0.05, 0) is 48.5 Å². The van der Waals surface area contributed by atoms with Gasteiger partial charge in [0.15, 0.2) is 15.8 Å². The van der Waals surface area contributed by atoms with Crippen molar-refractivity contribution in [1.29, 1.82) is 0 Å². The molecular formula is C21H30FIN4O2S. The number of guanidine groups is 1. The Morgan fingerprint density at radius 1 is 1.00 bits per heavy atom. The fourth-order valence-corrected chi connectivity index (χ4v) is 3.83. The number of halogens is 2. The van der Waals surface area contributed by atoms with Crippen molar-refractivity contribution in [2.24, 2.45) is 4.99 Å². The van der Waals surface area contributed by atoms with Crippen LogP contribution >= 0.6 is 24.0 Å². The zero-order chi connectivity index (χ0) is 21.4. The van der Waals surface area contributed by atoms with E-state index in [1.807, 2.05) is 26.2 Å². The molecule has 2 aromatic rings. The zero-order valence-electron chi connectivity index (χ0n) is 17.8. The molecule has 0 bridgehead atoms. The molecule has 30 heavy (non-hydrogen) atoms. The Morgan fingerprint density at radius 3 is 2.17 bits per heavy atom. The third-order valence-electron chi connectivity index (χ3n) is 4.31. The van der Waals surface area contributed by atoms with E-state index in [9.17, 15) is 12.8 Å². The third kappa shape index (κ3) is 8.97. The molecule has 0 aliphatic heterocycles. The van der Waals surface area contributed by atoms with Gasteiger partial charge in [-0.1, -0.05) is 30.3 Å². The van der Waals surface area contributed by atoms with Crippen LogP contribution in [0, 0.1) is 5.82 Å². The lowest BCUT2D eigenvalue weighted by Crippen LogP contribution is -2.36. The molecule has 0 saturated carbocycles. The van der Waals surface area contributed by atoms with Crippen molar-refractivity contribution in [3.8, 4) is 0 Å². The van der Waals surface area contributed by atoms with Crippen LogP contribution in [0.25, 0.3) is 0 Å². The Morgan fingerprint density at radius 2 is 1.60 bits per heavy atom. The molecule has 2 N–H and O–H groups in total. The van der Waals surface area contributed by atoms with Gasteiger partial charge in [-0.25, -0.2) is 12.8 Å². The highest BCUT2D eigenvalue weighted by Crippen LogP contribution is 2.15. The monoisotopic (exact) mass is 548 g/mol. The quantitative estimate of drug-likeness (QED) is 0.302. The van der Waals surface area contributed by atoms with E-state index in [2.05, 4.69) is 32.7 Å². The molecule has 0 atom stereocenters. The predicted molar refractivity (Wildman–Crippen MR) is 131 cm³/mol. The molecule has 0 amide bonds. The standard InChI is InChI=1S/C21H29FN4O2S.HI/c1-23-21(24-12-16-7-5-6-8-17(16)14-26(2)3)25-13-19-11-20(22)10-9-18(19)15-29(4,27)28;/h5-11H,12-15H2,1-4H3,(H2,23,24,25);1H. The lowest BCUT2D eigenvalue weighted by molar-refractivity contribution is 0.400. The lowest BCUT2D eigenvalue weighted by atomic mass is 10.1. The Labute approximate surface area is 195 Å². The SMILES string of the molecule is CN=C(NCc1ccccc1CN(C)C)NCc1cc(F)ccc1CS(C)(=O)=O.I. The van der Waals surface area contributed by atoms with E-state index in [-0.39, 0.29) is 36.3 Å². The molecule has 2 rings (SSSR count). The van der Waals surface area contributed by atoms with Crippen molar-refractivity contribution < 1.29 is 12.8 Å². The summed E-state index contributed by atoms with van der Waals surface area (Å²) in [5, 5.41) is 6.40. The van der Waals surface area contributed by atoms with Gasteiger partial charge in [0, 0.05) is 32.9 Å². The third-order valence-corrected chi connectivity index (χ3v) is 5.14. The summed E-state index contributed by atoms with van der Waals surface area (Å²) < 4.78 is 37.0. The van der Waals surface area contributed by atoms with Gasteiger partial charge < -0.3 is 15.5 Å². The van der Waals surface area contributed by atoms with Crippen LogP contribution in [-0.2, 0) is 35.2 Å². The van der Waals surface area contributed by atoms with Gasteiger partial charge in [-0.15, -0.1) is 24.0 Å². The molecule has 0 radical (unpaired) electrons. The normalized spacial score (nSPS) is 11.9. The Bertz CT molecular complexity index is 965. The van der Waals surface area contributed by atoms with E-state index in [1.165, 1.54) is 30.0 Å². The van der Waals surface area contributed by atoms with Crippen LogP contribution in [0.3, 0.4) is 0 Å². The molecule has 0 aliphatic rings. The molecule has 0 spiro atoms. The number of hydrogen-bond acceptors (Lipinski definition) is 4. The predicted octanol–water partition coefficient (Wildman–Crippen LogP) is 2.92. The van der Waals surface area contributed by atoms with Crippen LogP contribution in [0.4, 0.5) is 4.39 Å². The van der Waals surface area contributed by atoms with Crippen LogP contribution in [-0.4, -0.2) is 46.7 Å². The minimum atomic E-state index is -3.22. The Kier molecular flexibility index (Phi) is 10.7. The first kappa shape index (κ1) is 26.3. The molecule has 0 unspecified atom stereocenters. The number of benzene rings is 2. The summed E-state index contributed by atoms with van der Waals surface area (Å²) in [4.78, 5) is 6.32. The van der Waals surface area contributed by atoms with Gasteiger partial charge in [0.05, 0.1) is 5.75 Å². The summed E-state index contributed by atoms with van der Waals surface area (Å²) in [7, 11) is 2.49. The van der Waals surface area contributed by atoms with E-state index in [0.717, 1.165) is 12.1 Å². The van der Waals surface area contributed by atoms with Crippen LogP contribution in [0.1, 0.15) is 22.3 Å². The van der Waals surface area contributed by atoms with Gasteiger partial charge in [0.25, 0.3) is 0 Å². The van der Waals surface area contributed by atoms with Crippen LogP contribution in [0.2, 0.25) is 0 Å². The minimum Gasteiger partial charge on any atom is -0.352 e. The second kappa shape index (κ2) is 12.2. The lowest BCUT2D eigenvalue weighted by Gasteiger charge is -2.17. The number of aliphatic imine (C=N–C) groups is 1. The highest BCUT2D eigenvalue weighted by atomic mass is 127. The summed E-state index contributed by atoms with van der Waals surface area (Å²) in [5.74, 6) is 0.0210. The van der Waals surface area contributed by atoms with E-state index in [0.29, 0.717) is 23.6 Å². The molecule has 9 heteroatoms. The van der Waals surface area contributed by atoms with E-state index >= 15 is 0 Å². The molecule has 0 saturated heterocycles. The average Bonchev–Trinajstić information content (AvgIpc) is 2.63. The van der Waals surface area contributed by atoms with E-state index in [1.54, 1.807) is 7.05 Å². The van der Waals surface area contributed by atoms with Crippen molar-refractivity contribution >= 4 is 39.8 Å². The van der Waals surface area contributed by atoms with Crippen LogP contribution in [0.5, 0.6) is 0 Å². The number of hydrogen-bond donors (Lipinski definition) is 2. The first-order chi connectivity index (χ1) is 13.7. The maximum atomic E-state index is 13.7. The fourth-order valence-electron chi connectivity index (χ4n) is 2.99. The van der Waals surface area contributed by atoms with E-state index < -0.39 is 15.7 Å². The maximum absolute atomic E-state index is 13.7. The molecule has 2 aromatic carbocycles. The second-order valence-electron chi connectivity index (χ2n) is 7.27. The minimum absolute atomic E-state index is 0. The molecule has 0 aliphatic carbocycles. The van der Waals surface area contributed by atoms with Crippen LogP contribution in [0.15, 0.2) is 47.5 Å². The topological polar surface area (TPSA) is 73.8 Å². The highest BCUT2D eigenvalue weighted by Gasteiger charge is 2.11. The summed E-state index contributed by atoms with van der Waals surface area (Å²) in [6.45, 7) is 1.69. The largest absolute Gasteiger partial charge is 0.352 e. The number of sulfone groups is 1. The van der Waals surface area contributed by atoms with Gasteiger partial charge >= 0.3 is 0 Å². The number of nitrogens with zero attached hydrogens (tertiary/aromatic N) is 2. The van der Waals surface area contributed by atoms with Gasteiger partial charge in [-0.2, -0.15) is 0 Å². The molecule has 166 valence electrons. The summed E-state index contributed by atoms with van der Waals surface area (Å²) in [6.07, 6.45) is 1.17. The van der Waals surface area contributed by atoms with Gasteiger partial charge in [0.2, 0.25) is 0 Å². The van der Waals surface area contributed by atoms with Crippen LogP contribution < -0.4 is 10.6 Å². The van der Waals surface area contributed by atoms with E-state index in [4.69, 9.17) is 0 Å².